The average Bonchev–Trinajstić information content (AvgIpc) is 3.38. The van der Waals surface area contributed by atoms with Crippen LogP contribution in [0.15, 0.2) is 47.1 Å². The second-order valence-corrected chi connectivity index (χ2v) is 8.10. The molecule has 4 aromatic rings. The summed E-state index contributed by atoms with van der Waals surface area (Å²) in [5.41, 5.74) is 4.69. The highest BCUT2D eigenvalue weighted by Crippen LogP contribution is 2.29. The van der Waals surface area contributed by atoms with Crippen molar-refractivity contribution < 1.29 is 4.42 Å². The van der Waals surface area contributed by atoms with Gasteiger partial charge in [0.15, 0.2) is 5.76 Å². The number of aryl methyl sites for hydroxylation is 2. The minimum Gasteiger partial charge on any atom is -0.461 e. The third-order valence-corrected chi connectivity index (χ3v) is 5.94. The third kappa shape index (κ3) is 3.10. The first-order chi connectivity index (χ1) is 14.5. The quantitative estimate of drug-likeness (QED) is 0.516. The number of benzene rings is 1. The van der Waals surface area contributed by atoms with Crippen LogP contribution in [0.25, 0.3) is 17.4 Å². The number of fused-ring (bicyclic) bond motifs is 1. The van der Waals surface area contributed by atoms with Gasteiger partial charge in [0, 0.05) is 42.6 Å². The van der Waals surface area contributed by atoms with E-state index < -0.39 is 0 Å². The van der Waals surface area contributed by atoms with E-state index in [0.29, 0.717) is 23.4 Å². The van der Waals surface area contributed by atoms with E-state index in [1.54, 1.807) is 6.26 Å². The Hall–Kier alpha value is -3.35. The summed E-state index contributed by atoms with van der Waals surface area (Å²) in [6.45, 7) is 11.3. The molecule has 30 heavy (non-hydrogen) atoms. The summed E-state index contributed by atoms with van der Waals surface area (Å²) in [6, 6.07) is 12.8. The molecule has 5 rings (SSSR count). The zero-order chi connectivity index (χ0) is 20.8. The minimum atomic E-state index is 0.372. The summed E-state index contributed by atoms with van der Waals surface area (Å²) in [6.07, 6.45) is 1.64. The van der Waals surface area contributed by atoms with Crippen molar-refractivity contribution in [1.29, 1.82) is 0 Å². The molecule has 1 aliphatic rings. The Morgan fingerprint density at radius 3 is 2.63 bits per heavy atom. The lowest BCUT2D eigenvalue weighted by atomic mass is 10.1. The standard InChI is InChI=1S/C23H26N6O/c1-15-7-5-8-19(13-15)28-11-10-27(14-16(28)2)22-17(3)18(4)24-23-25-21(26-29(22)23)20-9-6-12-30-20/h5-9,12-13,16H,10-11,14H2,1-4H3/t16-/m1/s1. The number of aromatic nitrogens is 4. The zero-order valence-corrected chi connectivity index (χ0v) is 17.8. The largest absolute Gasteiger partial charge is 0.461 e. The maximum atomic E-state index is 5.50. The lowest BCUT2D eigenvalue weighted by Crippen LogP contribution is -2.53. The van der Waals surface area contributed by atoms with Crippen LogP contribution in [0, 0.1) is 20.8 Å². The molecule has 0 saturated carbocycles. The van der Waals surface area contributed by atoms with Gasteiger partial charge in [0.05, 0.1) is 6.26 Å². The number of anilines is 2. The molecule has 1 aliphatic heterocycles. The molecule has 0 aliphatic carbocycles. The summed E-state index contributed by atoms with van der Waals surface area (Å²) in [7, 11) is 0. The van der Waals surface area contributed by atoms with Gasteiger partial charge in [0.2, 0.25) is 5.82 Å². The van der Waals surface area contributed by atoms with Crippen LogP contribution in [-0.2, 0) is 0 Å². The number of furan rings is 1. The molecule has 0 bridgehead atoms. The van der Waals surface area contributed by atoms with Gasteiger partial charge < -0.3 is 14.2 Å². The summed E-state index contributed by atoms with van der Waals surface area (Å²) in [5, 5.41) is 4.74. The molecule has 1 fully saturated rings. The van der Waals surface area contributed by atoms with Gasteiger partial charge in [-0.2, -0.15) is 9.50 Å². The fourth-order valence-corrected chi connectivity index (χ4v) is 4.29. The van der Waals surface area contributed by atoms with Gasteiger partial charge in [-0.15, -0.1) is 5.10 Å². The van der Waals surface area contributed by atoms with Gasteiger partial charge in [-0.25, -0.2) is 4.98 Å². The molecule has 0 radical (unpaired) electrons. The molecular weight excluding hydrogens is 376 g/mol. The predicted molar refractivity (Wildman–Crippen MR) is 118 cm³/mol. The van der Waals surface area contributed by atoms with E-state index in [1.165, 1.54) is 11.3 Å². The van der Waals surface area contributed by atoms with Crippen molar-refractivity contribution in [2.75, 3.05) is 29.4 Å². The number of piperazine rings is 1. The third-order valence-electron chi connectivity index (χ3n) is 5.94. The Balaban J connectivity index is 1.51. The molecule has 7 heteroatoms. The molecular formula is C23H26N6O. The van der Waals surface area contributed by atoms with Gasteiger partial charge in [-0.05, 0) is 57.5 Å². The number of hydrogen-bond acceptors (Lipinski definition) is 6. The summed E-state index contributed by atoms with van der Waals surface area (Å²) in [5.74, 6) is 2.89. The summed E-state index contributed by atoms with van der Waals surface area (Å²) >= 11 is 0. The Morgan fingerprint density at radius 1 is 1.03 bits per heavy atom. The summed E-state index contributed by atoms with van der Waals surface area (Å²) in [4.78, 5) is 14.2. The van der Waals surface area contributed by atoms with Gasteiger partial charge in [-0.3, -0.25) is 0 Å². The molecule has 1 atom stereocenters. The van der Waals surface area contributed by atoms with Gasteiger partial charge in [0.1, 0.15) is 5.82 Å². The van der Waals surface area contributed by atoms with E-state index >= 15 is 0 Å². The van der Waals surface area contributed by atoms with Crippen molar-refractivity contribution in [3.63, 3.8) is 0 Å². The average molecular weight is 403 g/mol. The number of hydrogen-bond donors (Lipinski definition) is 0. The maximum Gasteiger partial charge on any atom is 0.255 e. The molecule has 4 heterocycles. The van der Waals surface area contributed by atoms with Crippen molar-refractivity contribution in [1.82, 2.24) is 19.6 Å². The SMILES string of the molecule is Cc1cccc(N2CCN(c3c(C)c(C)nc4nc(-c5ccco5)nn34)C[C@H]2C)c1. The van der Waals surface area contributed by atoms with Crippen molar-refractivity contribution >= 4 is 17.3 Å². The lowest BCUT2D eigenvalue weighted by molar-refractivity contribution is 0.542. The first-order valence-corrected chi connectivity index (χ1v) is 10.4. The Kier molecular flexibility index (Phi) is 4.46. The van der Waals surface area contributed by atoms with Gasteiger partial charge >= 0.3 is 0 Å². The van der Waals surface area contributed by atoms with Crippen molar-refractivity contribution in [2.45, 2.75) is 33.7 Å². The smallest absolute Gasteiger partial charge is 0.255 e. The van der Waals surface area contributed by atoms with Crippen molar-refractivity contribution in [2.24, 2.45) is 0 Å². The predicted octanol–water partition coefficient (Wildman–Crippen LogP) is 4.02. The maximum absolute atomic E-state index is 5.50. The summed E-state index contributed by atoms with van der Waals surface area (Å²) < 4.78 is 7.37. The van der Waals surface area contributed by atoms with Crippen LogP contribution in [0.2, 0.25) is 0 Å². The normalized spacial score (nSPS) is 17.1. The first-order valence-electron chi connectivity index (χ1n) is 10.4. The van der Waals surface area contributed by atoms with Gasteiger partial charge in [-0.1, -0.05) is 12.1 Å². The molecule has 0 unspecified atom stereocenters. The first kappa shape index (κ1) is 18.7. The van der Waals surface area contributed by atoms with E-state index in [1.807, 2.05) is 23.6 Å². The molecule has 1 aromatic carbocycles. The fraction of sp³-hybridized carbons (Fsp3) is 0.348. The van der Waals surface area contributed by atoms with Crippen molar-refractivity contribution in [3.8, 4) is 11.6 Å². The highest BCUT2D eigenvalue weighted by atomic mass is 16.3. The highest BCUT2D eigenvalue weighted by molar-refractivity contribution is 5.59. The molecule has 0 amide bonds. The minimum absolute atomic E-state index is 0.372. The number of nitrogens with zero attached hydrogens (tertiary/aromatic N) is 6. The second-order valence-electron chi connectivity index (χ2n) is 8.10. The fourth-order valence-electron chi connectivity index (χ4n) is 4.29. The lowest BCUT2D eigenvalue weighted by Gasteiger charge is -2.42. The van der Waals surface area contributed by atoms with Crippen LogP contribution in [0.3, 0.4) is 0 Å². The van der Waals surface area contributed by atoms with E-state index in [9.17, 15) is 0 Å². The number of rotatable bonds is 3. The van der Waals surface area contributed by atoms with Crippen molar-refractivity contribution in [3.05, 3.63) is 59.5 Å². The van der Waals surface area contributed by atoms with Crippen LogP contribution < -0.4 is 9.80 Å². The van der Waals surface area contributed by atoms with E-state index in [0.717, 1.165) is 36.7 Å². The van der Waals surface area contributed by atoms with Crippen LogP contribution in [0.1, 0.15) is 23.7 Å². The Labute approximate surface area is 176 Å². The van der Waals surface area contributed by atoms with Crippen LogP contribution in [-0.4, -0.2) is 45.3 Å². The molecule has 0 spiro atoms. The highest BCUT2D eigenvalue weighted by Gasteiger charge is 2.28. The van der Waals surface area contributed by atoms with Gasteiger partial charge in [0.25, 0.3) is 5.78 Å². The Bertz CT molecular complexity index is 1200. The van der Waals surface area contributed by atoms with E-state index in [4.69, 9.17) is 9.52 Å². The zero-order valence-electron chi connectivity index (χ0n) is 17.8. The monoisotopic (exact) mass is 402 g/mol. The second kappa shape index (κ2) is 7.16. The molecule has 1 saturated heterocycles. The molecule has 0 N–H and O–H groups in total. The van der Waals surface area contributed by atoms with Crippen LogP contribution >= 0.6 is 0 Å². The van der Waals surface area contributed by atoms with E-state index in [-0.39, 0.29) is 0 Å². The topological polar surface area (TPSA) is 62.7 Å². The molecule has 154 valence electrons. The van der Waals surface area contributed by atoms with E-state index in [2.05, 4.69) is 64.8 Å². The van der Waals surface area contributed by atoms with Crippen LogP contribution in [0.5, 0.6) is 0 Å². The van der Waals surface area contributed by atoms with Crippen LogP contribution in [0.4, 0.5) is 11.5 Å². The molecule has 7 nitrogen and oxygen atoms in total. The molecule has 3 aromatic heterocycles. The Morgan fingerprint density at radius 2 is 1.90 bits per heavy atom.